The number of hydrogen-bond acceptors (Lipinski definition) is 3. The molecule has 25 heavy (non-hydrogen) atoms. The lowest BCUT2D eigenvalue weighted by atomic mass is 9.77. The third-order valence-corrected chi connectivity index (χ3v) is 7.92. The number of rotatable bonds is 6. The summed E-state index contributed by atoms with van der Waals surface area (Å²) in [6.07, 6.45) is 8.72. The Morgan fingerprint density at radius 3 is 2.52 bits per heavy atom. The standard InChI is InChI=1S/C20H31NO3S/c1-2-3-4-7-17-9-11-18(12-10-17)25(23,24)21-15-6-14-20(16-21)13-5-8-19(20)22/h9-12,19,22H,2-8,13-16H2,1H3/t19-,20-/m1/s1. The summed E-state index contributed by atoms with van der Waals surface area (Å²) in [5.41, 5.74) is 0.986. The van der Waals surface area contributed by atoms with E-state index in [1.165, 1.54) is 18.4 Å². The fraction of sp³-hybridized carbons (Fsp3) is 0.700. The smallest absolute Gasteiger partial charge is 0.243 e. The van der Waals surface area contributed by atoms with Crippen molar-refractivity contribution in [2.75, 3.05) is 13.1 Å². The number of piperidine rings is 1. The van der Waals surface area contributed by atoms with Gasteiger partial charge >= 0.3 is 0 Å². The Morgan fingerprint density at radius 1 is 1.16 bits per heavy atom. The molecule has 0 unspecified atom stereocenters. The highest BCUT2D eigenvalue weighted by atomic mass is 32.2. The lowest BCUT2D eigenvalue weighted by molar-refractivity contribution is 0.0127. The molecule has 1 aliphatic heterocycles. The molecule has 1 spiro atoms. The summed E-state index contributed by atoms with van der Waals surface area (Å²) in [5, 5.41) is 10.4. The van der Waals surface area contributed by atoms with Crippen LogP contribution in [0, 0.1) is 5.41 Å². The fourth-order valence-corrected chi connectivity index (χ4v) is 6.05. The first kappa shape index (κ1) is 18.9. The average molecular weight is 366 g/mol. The van der Waals surface area contributed by atoms with Gasteiger partial charge in [0.2, 0.25) is 10.0 Å². The monoisotopic (exact) mass is 365 g/mol. The zero-order valence-electron chi connectivity index (χ0n) is 15.3. The van der Waals surface area contributed by atoms with Crippen molar-refractivity contribution >= 4 is 10.0 Å². The predicted octanol–water partition coefficient (Wildman–Crippen LogP) is 3.74. The maximum Gasteiger partial charge on any atom is 0.243 e. The molecule has 0 radical (unpaired) electrons. The molecule has 2 atom stereocenters. The number of aliphatic hydroxyl groups is 1. The highest BCUT2D eigenvalue weighted by Crippen LogP contribution is 2.45. The minimum atomic E-state index is -3.47. The lowest BCUT2D eigenvalue weighted by Crippen LogP contribution is -2.49. The van der Waals surface area contributed by atoms with Gasteiger partial charge in [-0.05, 0) is 56.2 Å². The molecule has 1 saturated carbocycles. The molecule has 1 aliphatic carbocycles. The Bertz CT molecular complexity index is 671. The summed E-state index contributed by atoms with van der Waals surface area (Å²) in [6, 6.07) is 7.41. The molecule has 1 aromatic rings. The number of hydrogen-bond donors (Lipinski definition) is 1. The van der Waals surface area contributed by atoms with Crippen LogP contribution < -0.4 is 0 Å². The van der Waals surface area contributed by atoms with Crippen molar-refractivity contribution in [3.05, 3.63) is 29.8 Å². The van der Waals surface area contributed by atoms with Gasteiger partial charge in [0.25, 0.3) is 0 Å². The fourth-order valence-electron chi connectivity index (χ4n) is 4.47. The summed E-state index contributed by atoms with van der Waals surface area (Å²) < 4.78 is 27.7. The third-order valence-electron chi connectivity index (χ3n) is 6.06. The summed E-state index contributed by atoms with van der Waals surface area (Å²) in [7, 11) is -3.47. The molecule has 1 heterocycles. The number of aryl methyl sites for hydroxylation is 1. The Labute approximate surface area is 152 Å². The SMILES string of the molecule is CCCCCc1ccc(S(=O)(=O)N2CCC[C@]3(CCC[C@H]3O)C2)cc1. The molecule has 2 aliphatic rings. The Balaban J connectivity index is 1.72. The summed E-state index contributed by atoms with van der Waals surface area (Å²) in [5.74, 6) is 0. The Hall–Kier alpha value is -0.910. The van der Waals surface area contributed by atoms with Crippen molar-refractivity contribution < 1.29 is 13.5 Å². The second kappa shape index (κ2) is 7.77. The number of nitrogens with zero attached hydrogens (tertiary/aromatic N) is 1. The highest BCUT2D eigenvalue weighted by molar-refractivity contribution is 7.89. The van der Waals surface area contributed by atoms with Crippen LogP contribution in [0.5, 0.6) is 0 Å². The van der Waals surface area contributed by atoms with Crippen molar-refractivity contribution in [2.24, 2.45) is 5.41 Å². The van der Waals surface area contributed by atoms with Crippen LogP contribution in [0.1, 0.15) is 63.9 Å². The molecular formula is C20H31NO3S. The second-order valence-corrected chi connectivity index (χ2v) is 9.75. The Morgan fingerprint density at radius 2 is 1.88 bits per heavy atom. The second-order valence-electron chi connectivity index (χ2n) is 7.81. The number of sulfonamides is 1. The van der Waals surface area contributed by atoms with Crippen molar-refractivity contribution in [1.82, 2.24) is 4.31 Å². The molecule has 1 aromatic carbocycles. The first-order valence-electron chi connectivity index (χ1n) is 9.75. The van der Waals surface area contributed by atoms with Gasteiger partial charge in [-0.25, -0.2) is 8.42 Å². The molecule has 4 nitrogen and oxygen atoms in total. The summed E-state index contributed by atoms with van der Waals surface area (Å²) in [4.78, 5) is 0.385. The molecular weight excluding hydrogens is 334 g/mol. The molecule has 1 saturated heterocycles. The van der Waals surface area contributed by atoms with Crippen molar-refractivity contribution in [1.29, 1.82) is 0 Å². The minimum absolute atomic E-state index is 0.217. The first-order valence-corrected chi connectivity index (χ1v) is 11.2. The lowest BCUT2D eigenvalue weighted by Gasteiger charge is -2.41. The normalized spacial score (nSPS) is 27.8. The number of benzene rings is 1. The van der Waals surface area contributed by atoms with Crippen molar-refractivity contribution in [3.63, 3.8) is 0 Å². The van der Waals surface area contributed by atoms with Crippen LogP contribution in [-0.2, 0) is 16.4 Å². The van der Waals surface area contributed by atoms with Crippen LogP contribution in [0.3, 0.4) is 0 Å². The zero-order chi connectivity index (χ0) is 17.9. The molecule has 1 N–H and O–H groups in total. The van der Waals surface area contributed by atoms with E-state index in [2.05, 4.69) is 6.92 Å². The zero-order valence-corrected chi connectivity index (χ0v) is 16.1. The van der Waals surface area contributed by atoms with E-state index in [1.807, 2.05) is 12.1 Å². The maximum atomic E-state index is 13.0. The van der Waals surface area contributed by atoms with E-state index in [4.69, 9.17) is 0 Å². The van der Waals surface area contributed by atoms with Crippen molar-refractivity contribution in [2.45, 2.75) is 75.7 Å². The van der Waals surface area contributed by atoms with Crippen LogP contribution in [0.15, 0.2) is 29.2 Å². The summed E-state index contributed by atoms with van der Waals surface area (Å²) >= 11 is 0. The van der Waals surface area contributed by atoms with E-state index in [9.17, 15) is 13.5 Å². The largest absolute Gasteiger partial charge is 0.392 e. The quantitative estimate of drug-likeness (QED) is 0.782. The van der Waals surface area contributed by atoms with E-state index in [0.29, 0.717) is 18.0 Å². The molecule has 0 amide bonds. The van der Waals surface area contributed by atoms with Crippen molar-refractivity contribution in [3.8, 4) is 0 Å². The van der Waals surface area contributed by atoms with Gasteiger partial charge < -0.3 is 5.11 Å². The average Bonchev–Trinajstić information content (AvgIpc) is 2.95. The van der Waals surface area contributed by atoms with Crippen LogP contribution in [-0.4, -0.2) is 37.0 Å². The minimum Gasteiger partial charge on any atom is -0.392 e. The van der Waals surface area contributed by atoms with Gasteiger partial charge in [0.1, 0.15) is 0 Å². The van der Waals surface area contributed by atoms with Crippen LogP contribution in [0.25, 0.3) is 0 Å². The van der Waals surface area contributed by atoms with Gasteiger partial charge in [0.05, 0.1) is 11.0 Å². The van der Waals surface area contributed by atoms with E-state index < -0.39 is 10.0 Å². The molecule has 140 valence electrons. The topological polar surface area (TPSA) is 57.6 Å². The van der Waals surface area contributed by atoms with Crippen LogP contribution >= 0.6 is 0 Å². The van der Waals surface area contributed by atoms with Gasteiger partial charge in [-0.15, -0.1) is 0 Å². The van der Waals surface area contributed by atoms with Crippen LogP contribution in [0.2, 0.25) is 0 Å². The van der Waals surface area contributed by atoms with E-state index in [-0.39, 0.29) is 11.5 Å². The van der Waals surface area contributed by atoms with E-state index in [0.717, 1.165) is 44.9 Å². The number of unbranched alkanes of at least 4 members (excludes halogenated alkanes) is 2. The van der Waals surface area contributed by atoms with Gasteiger partial charge in [-0.2, -0.15) is 4.31 Å². The number of aliphatic hydroxyl groups excluding tert-OH is 1. The molecule has 0 aromatic heterocycles. The predicted molar refractivity (Wildman–Crippen MR) is 100.0 cm³/mol. The molecule has 2 fully saturated rings. The Kier molecular flexibility index (Phi) is 5.86. The van der Waals surface area contributed by atoms with E-state index >= 15 is 0 Å². The van der Waals surface area contributed by atoms with Gasteiger partial charge in [-0.3, -0.25) is 0 Å². The first-order chi connectivity index (χ1) is 12.0. The molecule has 0 bridgehead atoms. The van der Waals surface area contributed by atoms with Crippen LogP contribution in [0.4, 0.5) is 0 Å². The van der Waals surface area contributed by atoms with Gasteiger partial charge in [-0.1, -0.05) is 38.3 Å². The van der Waals surface area contributed by atoms with Gasteiger partial charge in [0, 0.05) is 18.5 Å². The molecule has 3 rings (SSSR count). The molecule has 5 heteroatoms. The highest BCUT2D eigenvalue weighted by Gasteiger charge is 2.47. The van der Waals surface area contributed by atoms with Gasteiger partial charge in [0.15, 0.2) is 0 Å². The maximum absolute atomic E-state index is 13.0. The summed E-state index contributed by atoms with van der Waals surface area (Å²) in [6.45, 7) is 3.21. The third kappa shape index (κ3) is 3.93. The van der Waals surface area contributed by atoms with E-state index in [1.54, 1.807) is 16.4 Å².